The van der Waals surface area contributed by atoms with E-state index < -0.39 is 22.1 Å². The van der Waals surface area contributed by atoms with Gasteiger partial charge in [-0.05, 0) is 39.9 Å². The van der Waals surface area contributed by atoms with Crippen molar-refractivity contribution in [3.8, 4) is 11.1 Å². The number of amides is 1. The Morgan fingerprint density at radius 2 is 1.74 bits per heavy atom. The third kappa shape index (κ3) is 4.29. The molecule has 0 unspecified atom stereocenters. The number of carbonyl (C=O) groups excluding carboxylic acids is 1. The third-order valence-corrected chi connectivity index (χ3v) is 6.10. The highest BCUT2D eigenvalue weighted by molar-refractivity contribution is 5.83. The fraction of sp³-hybridized carbons (Fsp3) is 0.111. The zero-order chi connectivity index (χ0) is 24.4. The average molecular weight is 467 g/mol. The molecule has 2 N–H and O–H groups in total. The molecule has 0 saturated carbocycles. The van der Waals surface area contributed by atoms with E-state index >= 15 is 0 Å². The topological polar surface area (TPSA) is 114 Å². The predicted octanol–water partition coefficient (Wildman–Crippen LogP) is 4.99. The summed E-state index contributed by atoms with van der Waals surface area (Å²) in [6.07, 6.45) is 4.01. The smallest absolute Gasteiger partial charge is 0.407 e. The first-order valence-electron chi connectivity index (χ1n) is 11.1. The summed E-state index contributed by atoms with van der Waals surface area (Å²) in [4.78, 5) is 37.7. The maximum absolute atomic E-state index is 12.3. The quantitative estimate of drug-likeness (QED) is 0.306. The number of nitro groups is 1. The number of fused-ring (bicyclic) bond motifs is 4. The van der Waals surface area contributed by atoms with Crippen molar-refractivity contribution in [2.75, 3.05) is 13.2 Å². The number of ether oxygens (including phenoxy) is 1. The van der Waals surface area contributed by atoms with Crippen molar-refractivity contribution < 1.29 is 14.5 Å². The molecule has 174 valence electrons. The molecule has 0 radical (unpaired) electrons. The molecule has 1 aromatic heterocycles. The molecule has 1 heterocycles. The van der Waals surface area contributed by atoms with E-state index in [0.29, 0.717) is 11.1 Å². The van der Waals surface area contributed by atoms with Crippen LogP contribution in [0.15, 0.2) is 83.8 Å². The summed E-state index contributed by atoms with van der Waals surface area (Å²) >= 11 is 0. The molecule has 1 aliphatic rings. The summed E-state index contributed by atoms with van der Waals surface area (Å²) in [6.45, 7) is 0.454. The number of H-pyrrole nitrogens is 1. The normalized spacial score (nSPS) is 12.5. The largest absolute Gasteiger partial charge is 0.449 e. The zero-order valence-electron chi connectivity index (χ0n) is 18.6. The van der Waals surface area contributed by atoms with Crippen LogP contribution in [0.2, 0.25) is 0 Å². The first-order valence-corrected chi connectivity index (χ1v) is 11.1. The van der Waals surface area contributed by atoms with Gasteiger partial charge in [0.05, 0.1) is 16.5 Å². The summed E-state index contributed by atoms with van der Waals surface area (Å²) in [5, 5.41) is 13.9. The van der Waals surface area contributed by atoms with Gasteiger partial charge in [-0.15, -0.1) is 0 Å². The second-order valence-corrected chi connectivity index (χ2v) is 8.17. The molecule has 0 saturated heterocycles. The molecule has 0 atom stereocenters. The number of carbonyl (C=O) groups is 1. The lowest BCUT2D eigenvalue weighted by Crippen LogP contribution is -2.26. The van der Waals surface area contributed by atoms with E-state index in [4.69, 9.17) is 4.74 Å². The van der Waals surface area contributed by atoms with Gasteiger partial charge in [0.25, 0.3) is 5.43 Å². The van der Waals surface area contributed by atoms with Crippen LogP contribution in [-0.2, 0) is 4.74 Å². The maximum atomic E-state index is 12.3. The van der Waals surface area contributed by atoms with Gasteiger partial charge in [0.2, 0.25) is 0 Å². The van der Waals surface area contributed by atoms with Crippen molar-refractivity contribution in [3.63, 3.8) is 0 Å². The number of nitrogens with zero attached hydrogens (tertiary/aromatic N) is 1. The highest BCUT2D eigenvalue weighted by atomic mass is 16.6. The van der Waals surface area contributed by atoms with Crippen LogP contribution in [0.1, 0.15) is 22.6 Å². The van der Waals surface area contributed by atoms with Crippen molar-refractivity contribution in [2.24, 2.45) is 0 Å². The summed E-state index contributed by atoms with van der Waals surface area (Å²) in [5.74, 6) is -0.0107. The Morgan fingerprint density at radius 1 is 1.06 bits per heavy atom. The minimum Gasteiger partial charge on any atom is -0.449 e. The van der Waals surface area contributed by atoms with E-state index in [1.165, 1.54) is 11.1 Å². The molecule has 35 heavy (non-hydrogen) atoms. The molecule has 0 bridgehead atoms. The Kier molecular flexibility index (Phi) is 5.85. The average Bonchev–Trinajstić information content (AvgIpc) is 3.19. The van der Waals surface area contributed by atoms with Gasteiger partial charge in [-0.25, -0.2) is 4.79 Å². The third-order valence-electron chi connectivity index (χ3n) is 6.10. The first-order chi connectivity index (χ1) is 17.0. The Morgan fingerprint density at radius 3 is 2.43 bits per heavy atom. The lowest BCUT2D eigenvalue weighted by Gasteiger charge is -2.14. The van der Waals surface area contributed by atoms with Crippen LogP contribution in [0.3, 0.4) is 0 Å². The lowest BCUT2D eigenvalue weighted by molar-refractivity contribution is -0.386. The molecule has 8 heteroatoms. The summed E-state index contributed by atoms with van der Waals surface area (Å²) in [5.41, 5.74) is 4.67. The van der Waals surface area contributed by atoms with Crippen molar-refractivity contribution in [2.45, 2.75) is 5.92 Å². The fourth-order valence-corrected chi connectivity index (χ4v) is 4.45. The molecule has 8 nitrogen and oxygen atoms in total. The van der Waals surface area contributed by atoms with Crippen LogP contribution in [-0.4, -0.2) is 29.2 Å². The van der Waals surface area contributed by atoms with E-state index in [-0.39, 0.29) is 24.5 Å². The number of aromatic nitrogens is 1. The number of hydrogen-bond donors (Lipinski definition) is 2. The van der Waals surface area contributed by atoms with Crippen molar-refractivity contribution in [1.29, 1.82) is 0 Å². The van der Waals surface area contributed by atoms with Gasteiger partial charge in [-0.2, -0.15) is 0 Å². The molecule has 3 aromatic carbocycles. The number of pyridine rings is 1. The van der Waals surface area contributed by atoms with Crippen molar-refractivity contribution >= 4 is 28.8 Å². The number of hydrogen-bond acceptors (Lipinski definition) is 5. The van der Waals surface area contributed by atoms with Crippen LogP contribution in [0.5, 0.6) is 0 Å². The van der Waals surface area contributed by atoms with Gasteiger partial charge >= 0.3 is 11.8 Å². The maximum Gasteiger partial charge on any atom is 0.407 e. The summed E-state index contributed by atoms with van der Waals surface area (Å²) < 4.78 is 5.51. The number of rotatable bonds is 6. The van der Waals surface area contributed by atoms with Crippen LogP contribution < -0.4 is 10.7 Å². The summed E-state index contributed by atoms with van der Waals surface area (Å²) in [7, 11) is 0. The second kappa shape index (κ2) is 9.26. The monoisotopic (exact) mass is 467 g/mol. The first kappa shape index (κ1) is 22.1. The van der Waals surface area contributed by atoms with Gasteiger partial charge in [-0.3, -0.25) is 14.9 Å². The lowest BCUT2D eigenvalue weighted by atomic mass is 9.98. The van der Waals surface area contributed by atoms with Gasteiger partial charge in [0.1, 0.15) is 6.61 Å². The standard InChI is InChI=1S/C27H21N3O5/c31-26-22-14-17(11-12-24(22)29-15-25(26)30(33)34)6-5-13-28-27(32)35-16-23-20-9-3-1-7-18(20)19-8-2-4-10-21(19)23/h1-12,14-15,23H,13,16H2,(H,28,32)(H,29,31). The highest BCUT2D eigenvalue weighted by Crippen LogP contribution is 2.44. The Hall–Kier alpha value is -4.72. The Balaban J connectivity index is 1.20. The van der Waals surface area contributed by atoms with Crippen LogP contribution in [0.25, 0.3) is 28.1 Å². The number of alkyl carbamates (subject to hydrolysis) is 1. The Labute approximate surface area is 200 Å². The molecule has 0 spiro atoms. The fourth-order valence-electron chi connectivity index (χ4n) is 4.45. The van der Waals surface area contributed by atoms with Crippen LogP contribution >= 0.6 is 0 Å². The second-order valence-electron chi connectivity index (χ2n) is 8.17. The molecular weight excluding hydrogens is 446 g/mol. The van der Waals surface area contributed by atoms with Gasteiger partial charge in [0, 0.05) is 18.0 Å². The van der Waals surface area contributed by atoms with Crippen molar-refractivity contribution in [1.82, 2.24) is 10.3 Å². The van der Waals surface area contributed by atoms with Crippen LogP contribution in [0.4, 0.5) is 10.5 Å². The molecule has 0 aliphatic heterocycles. The Bertz CT molecular complexity index is 1490. The molecular formula is C27H21N3O5. The predicted molar refractivity (Wildman–Crippen MR) is 133 cm³/mol. The molecule has 1 amide bonds. The van der Waals surface area contributed by atoms with E-state index in [2.05, 4.69) is 34.6 Å². The number of aromatic amines is 1. The molecule has 1 aliphatic carbocycles. The summed E-state index contributed by atoms with van der Waals surface area (Å²) in [6, 6.07) is 21.3. The molecule has 5 rings (SSSR count). The number of benzene rings is 3. The van der Waals surface area contributed by atoms with Gasteiger partial charge in [0.15, 0.2) is 0 Å². The highest BCUT2D eigenvalue weighted by Gasteiger charge is 2.28. The van der Waals surface area contributed by atoms with E-state index in [1.807, 2.05) is 24.3 Å². The van der Waals surface area contributed by atoms with E-state index in [0.717, 1.165) is 17.3 Å². The number of nitrogens with one attached hydrogen (secondary N) is 2. The van der Waals surface area contributed by atoms with E-state index in [9.17, 15) is 19.7 Å². The van der Waals surface area contributed by atoms with E-state index in [1.54, 1.807) is 30.4 Å². The SMILES string of the molecule is O=C(NCC=Cc1ccc2[nH]cc([N+](=O)[O-])c(=O)c2c1)OCC1c2ccccc2-c2ccccc21. The van der Waals surface area contributed by atoms with Crippen LogP contribution in [0, 0.1) is 10.1 Å². The molecule has 0 fully saturated rings. The minimum absolute atomic E-state index is 0.0107. The molecule has 4 aromatic rings. The zero-order valence-corrected chi connectivity index (χ0v) is 18.6. The minimum atomic E-state index is -0.709. The van der Waals surface area contributed by atoms with Gasteiger partial charge < -0.3 is 15.0 Å². The van der Waals surface area contributed by atoms with Gasteiger partial charge in [-0.1, -0.05) is 66.7 Å². The van der Waals surface area contributed by atoms with Crippen molar-refractivity contribution in [3.05, 3.63) is 116 Å².